The van der Waals surface area contributed by atoms with Crippen LogP contribution in [-0.4, -0.2) is 43.5 Å². The molecular weight excluding hydrogens is 378 g/mol. The van der Waals surface area contributed by atoms with Gasteiger partial charge in [0.05, 0.1) is 12.7 Å². The minimum absolute atomic E-state index is 0.286. The quantitative estimate of drug-likeness (QED) is 0.633. The number of carbonyl (C=O) groups is 2. The van der Waals surface area contributed by atoms with Gasteiger partial charge in [-0.2, -0.15) is 0 Å². The van der Waals surface area contributed by atoms with Crippen LogP contribution in [0.4, 0.5) is 11.4 Å². The van der Waals surface area contributed by atoms with E-state index in [0.717, 1.165) is 24.5 Å². The molecule has 0 aromatic heterocycles. The van der Waals surface area contributed by atoms with Gasteiger partial charge in [-0.25, -0.2) is 0 Å². The third kappa shape index (κ3) is 4.03. The fourth-order valence-electron chi connectivity index (χ4n) is 3.71. The lowest BCUT2D eigenvalue weighted by Gasteiger charge is -2.21. The number of para-hydroxylation sites is 1. The lowest BCUT2D eigenvalue weighted by molar-refractivity contribution is -0.136. The van der Waals surface area contributed by atoms with Gasteiger partial charge in [-0.15, -0.1) is 0 Å². The van der Waals surface area contributed by atoms with Gasteiger partial charge in [0.1, 0.15) is 11.4 Å². The molecule has 6 heteroatoms. The number of rotatable bonds is 9. The molecule has 1 N–H and O–H groups in total. The second kappa shape index (κ2) is 9.48. The summed E-state index contributed by atoms with van der Waals surface area (Å²) in [7, 11) is 1.56. The predicted molar refractivity (Wildman–Crippen MR) is 121 cm³/mol. The van der Waals surface area contributed by atoms with Crippen molar-refractivity contribution in [2.24, 2.45) is 0 Å². The van der Waals surface area contributed by atoms with Gasteiger partial charge in [-0.1, -0.05) is 25.1 Å². The number of hydrogen-bond acceptors (Lipinski definition) is 5. The van der Waals surface area contributed by atoms with Crippen molar-refractivity contribution in [1.29, 1.82) is 0 Å². The molecule has 6 nitrogen and oxygen atoms in total. The van der Waals surface area contributed by atoms with E-state index >= 15 is 0 Å². The van der Waals surface area contributed by atoms with Crippen molar-refractivity contribution >= 4 is 28.8 Å². The standard InChI is InChI=1S/C24H29N3O3/c1-5-16-27-23(28)21(19-10-8-9-11-20(19)30-4)22(24(27)29)25-17-12-14-18(15-13-17)26(6-2)7-3/h8-15,25H,5-7,16H2,1-4H3. The van der Waals surface area contributed by atoms with Gasteiger partial charge in [-0.05, 0) is 50.6 Å². The maximum atomic E-state index is 13.1. The normalized spacial score (nSPS) is 13.8. The first-order valence-electron chi connectivity index (χ1n) is 10.4. The lowest BCUT2D eigenvalue weighted by atomic mass is 10.0. The van der Waals surface area contributed by atoms with Crippen molar-refractivity contribution in [3.63, 3.8) is 0 Å². The number of ether oxygens (including phenoxy) is 1. The van der Waals surface area contributed by atoms with E-state index in [1.807, 2.05) is 43.3 Å². The molecule has 0 radical (unpaired) electrons. The highest BCUT2D eigenvalue weighted by Gasteiger charge is 2.39. The Bertz CT molecular complexity index is 946. The summed E-state index contributed by atoms with van der Waals surface area (Å²) in [5, 5.41) is 3.21. The second-order valence-corrected chi connectivity index (χ2v) is 7.06. The first-order chi connectivity index (χ1) is 14.5. The van der Waals surface area contributed by atoms with Crippen LogP contribution in [0.5, 0.6) is 5.75 Å². The van der Waals surface area contributed by atoms with E-state index in [2.05, 4.69) is 24.1 Å². The zero-order valence-corrected chi connectivity index (χ0v) is 18.1. The third-order valence-electron chi connectivity index (χ3n) is 5.26. The first kappa shape index (κ1) is 21.4. The van der Waals surface area contributed by atoms with Gasteiger partial charge in [-0.3, -0.25) is 14.5 Å². The molecule has 2 amide bonds. The topological polar surface area (TPSA) is 61.9 Å². The van der Waals surface area contributed by atoms with Crippen molar-refractivity contribution in [3.8, 4) is 5.75 Å². The van der Waals surface area contributed by atoms with Crippen LogP contribution in [0.3, 0.4) is 0 Å². The number of nitrogens with zero attached hydrogens (tertiary/aromatic N) is 2. The molecule has 3 rings (SSSR count). The molecule has 0 spiro atoms. The summed E-state index contributed by atoms with van der Waals surface area (Å²) in [5.74, 6) is -0.0487. The highest BCUT2D eigenvalue weighted by Crippen LogP contribution is 2.35. The molecule has 0 unspecified atom stereocenters. The summed E-state index contributed by atoms with van der Waals surface area (Å²) in [6.07, 6.45) is 0.697. The fraction of sp³-hybridized carbons (Fsp3) is 0.333. The molecule has 0 saturated heterocycles. The third-order valence-corrected chi connectivity index (χ3v) is 5.26. The van der Waals surface area contributed by atoms with Crippen LogP contribution in [0.25, 0.3) is 5.57 Å². The number of amides is 2. The molecule has 30 heavy (non-hydrogen) atoms. The van der Waals surface area contributed by atoms with Crippen molar-refractivity contribution < 1.29 is 14.3 Å². The number of imide groups is 1. The summed E-state index contributed by atoms with van der Waals surface area (Å²) in [6.45, 7) is 8.40. The predicted octanol–water partition coefficient (Wildman–Crippen LogP) is 4.14. The monoisotopic (exact) mass is 407 g/mol. The van der Waals surface area contributed by atoms with Crippen LogP contribution in [-0.2, 0) is 9.59 Å². The second-order valence-electron chi connectivity index (χ2n) is 7.06. The van der Waals surface area contributed by atoms with E-state index in [1.165, 1.54) is 4.90 Å². The Hall–Kier alpha value is -3.28. The zero-order chi connectivity index (χ0) is 21.7. The average molecular weight is 408 g/mol. The van der Waals surface area contributed by atoms with Crippen LogP contribution >= 0.6 is 0 Å². The molecule has 158 valence electrons. The van der Waals surface area contributed by atoms with Crippen molar-refractivity contribution in [2.75, 3.05) is 37.0 Å². The number of nitrogens with one attached hydrogen (secondary N) is 1. The van der Waals surface area contributed by atoms with Gasteiger partial charge in [0.25, 0.3) is 11.8 Å². The molecule has 2 aromatic rings. The van der Waals surface area contributed by atoms with E-state index in [9.17, 15) is 9.59 Å². The molecule has 0 atom stereocenters. The van der Waals surface area contributed by atoms with Gasteiger partial charge in [0.15, 0.2) is 0 Å². The molecule has 0 saturated carbocycles. The van der Waals surface area contributed by atoms with Crippen LogP contribution < -0.4 is 15.0 Å². The number of methoxy groups -OCH3 is 1. The Balaban J connectivity index is 2.02. The Morgan fingerprint density at radius 3 is 2.20 bits per heavy atom. The Labute approximate surface area is 178 Å². The minimum atomic E-state index is -0.310. The molecule has 1 aliphatic heterocycles. The van der Waals surface area contributed by atoms with E-state index in [1.54, 1.807) is 19.2 Å². The maximum absolute atomic E-state index is 13.1. The van der Waals surface area contributed by atoms with Crippen molar-refractivity contribution in [2.45, 2.75) is 27.2 Å². The highest BCUT2D eigenvalue weighted by atomic mass is 16.5. The van der Waals surface area contributed by atoms with Crippen LogP contribution in [0.2, 0.25) is 0 Å². The summed E-state index contributed by atoms with van der Waals surface area (Å²) < 4.78 is 5.45. The summed E-state index contributed by atoms with van der Waals surface area (Å²) in [5.41, 5.74) is 3.12. The Kier molecular flexibility index (Phi) is 6.77. The van der Waals surface area contributed by atoms with Gasteiger partial charge in [0, 0.05) is 36.6 Å². The smallest absolute Gasteiger partial charge is 0.278 e. The Morgan fingerprint density at radius 2 is 1.60 bits per heavy atom. The van der Waals surface area contributed by atoms with Gasteiger partial charge in [0.2, 0.25) is 0 Å². The van der Waals surface area contributed by atoms with E-state index in [4.69, 9.17) is 4.74 Å². The maximum Gasteiger partial charge on any atom is 0.278 e. The molecule has 1 aliphatic rings. The van der Waals surface area contributed by atoms with Gasteiger partial charge < -0.3 is 15.0 Å². The van der Waals surface area contributed by atoms with E-state index < -0.39 is 0 Å². The van der Waals surface area contributed by atoms with Gasteiger partial charge >= 0.3 is 0 Å². The highest BCUT2D eigenvalue weighted by molar-refractivity contribution is 6.37. The van der Waals surface area contributed by atoms with Crippen molar-refractivity contribution in [1.82, 2.24) is 4.90 Å². The zero-order valence-electron chi connectivity index (χ0n) is 18.1. The summed E-state index contributed by atoms with van der Waals surface area (Å²) in [6, 6.07) is 15.2. The van der Waals surface area contributed by atoms with E-state index in [-0.39, 0.29) is 17.5 Å². The largest absolute Gasteiger partial charge is 0.496 e. The van der Waals surface area contributed by atoms with Crippen LogP contribution in [0, 0.1) is 0 Å². The average Bonchev–Trinajstić information content (AvgIpc) is 3.00. The number of carbonyl (C=O) groups excluding carboxylic acids is 2. The van der Waals surface area contributed by atoms with Crippen molar-refractivity contribution in [3.05, 3.63) is 59.8 Å². The molecule has 1 heterocycles. The molecule has 0 aliphatic carbocycles. The molecule has 2 aromatic carbocycles. The van der Waals surface area contributed by atoms with Crippen LogP contribution in [0.15, 0.2) is 54.2 Å². The summed E-state index contributed by atoms with van der Waals surface area (Å²) >= 11 is 0. The fourth-order valence-corrected chi connectivity index (χ4v) is 3.71. The molecular formula is C24H29N3O3. The number of anilines is 2. The number of hydrogen-bond donors (Lipinski definition) is 1. The SMILES string of the molecule is CCCN1C(=O)C(Nc2ccc(N(CC)CC)cc2)=C(c2ccccc2OC)C1=O. The number of benzene rings is 2. The van der Waals surface area contributed by atoms with Crippen LogP contribution in [0.1, 0.15) is 32.8 Å². The van der Waals surface area contributed by atoms with E-state index in [0.29, 0.717) is 29.9 Å². The molecule has 0 bridgehead atoms. The Morgan fingerprint density at radius 1 is 0.933 bits per heavy atom. The minimum Gasteiger partial charge on any atom is -0.496 e. The lowest BCUT2D eigenvalue weighted by Crippen LogP contribution is -2.33. The summed E-state index contributed by atoms with van der Waals surface area (Å²) in [4.78, 5) is 29.8. The first-order valence-corrected chi connectivity index (χ1v) is 10.4. The molecule has 0 fully saturated rings.